The first-order chi connectivity index (χ1) is 12.4. The fraction of sp³-hybridized carbons (Fsp3) is 0.421. The van der Waals surface area contributed by atoms with E-state index in [1.54, 1.807) is 17.0 Å². The van der Waals surface area contributed by atoms with Crippen LogP contribution in [0.3, 0.4) is 0 Å². The minimum atomic E-state index is -0.356. The number of amides is 1. The standard InChI is InChI=1S/C19H23N3O4/c1-12-5-7-15(8-6-12)22-17(23)9-16(25-4)18(20-22)19(24)21-10-13(2)26-14(3)11-21/h5-9,13-14H,10-11H2,1-4H3/t13-,14-/m1/s1. The summed E-state index contributed by atoms with van der Waals surface area (Å²) in [5.41, 5.74) is 1.43. The van der Waals surface area contributed by atoms with Crippen LogP contribution in [0.5, 0.6) is 5.75 Å². The third kappa shape index (κ3) is 3.62. The molecule has 0 bridgehead atoms. The Hall–Kier alpha value is -2.67. The number of nitrogens with zero attached hydrogens (tertiary/aromatic N) is 3. The average Bonchev–Trinajstić information content (AvgIpc) is 2.61. The lowest BCUT2D eigenvalue weighted by Crippen LogP contribution is -2.48. The fourth-order valence-corrected chi connectivity index (χ4v) is 3.11. The number of aromatic nitrogens is 2. The van der Waals surface area contributed by atoms with Gasteiger partial charge in [-0.1, -0.05) is 17.7 Å². The Morgan fingerprint density at radius 3 is 2.38 bits per heavy atom. The van der Waals surface area contributed by atoms with Crippen molar-refractivity contribution in [2.45, 2.75) is 33.0 Å². The first-order valence-corrected chi connectivity index (χ1v) is 8.59. The van der Waals surface area contributed by atoms with Crippen molar-refractivity contribution in [2.75, 3.05) is 20.2 Å². The number of hydrogen-bond acceptors (Lipinski definition) is 5. The number of morpholine rings is 1. The number of carbonyl (C=O) groups is 1. The van der Waals surface area contributed by atoms with Crippen molar-refractivity contribution in [3.8, 4) is 11.4 Å². The molecule has 2 aromatic rings. The van der Waals surface area contributed by atoms with Gasteiger partial charge in [0.1, 0.15) is 0 Å². The molecule has 0 saturated carbocycles. The number of benzene rings is 1. The summed E-state index contributed by atoms with van der Waals surface area (Å²) in [6.45, 7) is 6.75. The van der Waals surface area contributed by atoms with Gasteiger partial charge in [-0.05, 0) is 32.9 Å². The van der Waals surface area contributed by atoms with E-state index in [9.17, 15) is 9.59 Å². The highest BCUT2D eigenvalue weighted by Crippen LogP contribution is 2.19. The van der Waals surface area contributed by atoms with Gasteiger partial charge in [-0.25, -0.2) is 0 Å². The molecule has 2 heterocycles. The van der Waals surface area contributed by atoms with Gasteiger partial charge in [-0.3, -0.25) is 9.59 Å². The lowest BCUT2D eigenvalue weighted by molar-refractivity contribution is -0.0588. The van der Waals surface area contributed by atoms with Crippen molar-refractivity contribution < 1.29 is 14.3 Å². The van der Waals surface area contributed by atoms with Gasteiger partial charge in [-0.2, -0.15) is 9.78 Å². The van der Waals surface area contributed by atoms with Crippen LogP contribution in [0, 0.1) is 6.92 Å². The Kier molecular flexibility index (Phi) is 5.08. The summed E-state index contributed by atoms with van der Waals surface area (Å²) >= 11 is 0. The third-order valence-corrected chi connectivity index (χ3v) is 4.30. The number of ether oxygens (including phenoxy) is 2. The average molecular weight is 357 g/mol. The lowest BCUT2D eigenvalue weighted by atomic mass is 10.2. The number of aryl methyl sites for hydroxylation is 1. The molecule has 0 spiro atoms. The van der Waals surface area contributed by atoms with Crippen molar-refractivity contribution in [3.63, 3.8) is 0 Å². The molecule has 1 aliphatic heterocycles. The number of carbonyl (C=O) groups excluding carboxylic acids is 1. The Morgan fingerprint density at radius 2 is 1.81 bits per heavy atom. The summed E-state index contributed by atoms with van der Waals surface area (Å²) in [7, 11) is 1.42. The number of hydrogen-bond donors (Lipinski definition) is 0. The second-order valence-electron chi connectivity index (χ2n) is 6.61. The molecule has 0 N–H and O–H groups in total. The maximum atomic E-state index is 13.0. The van der Waals surface area contributed by atoms with Crippen molar-refractivity contribution in [2.24, 2.45) is 0 Å². The summed E-state index contributed by atoms with van der Waals surface area (Å²) in [6.07, 6.45) is -0.117. The quantitative estimate of drug-likeness (QED) is 0.837. The van der Waals surface area contributed by atoms with Crippen LogP contribution < -0.4 is 10.3 Å². The predicted molar refractivity (Wildman–Crippen MR) is 97.0 cm³/mol. The van der Waals surface area contributed by atoms with Crippen molar-refractivity contribution in [1.29, 1.82) is 0 Å². The SMILES string of the molecule is COc1cc(=O)n(-c2ccc(C)cc2)nc1C(=O)N1C[C@@H](C)O[C@H](C)C1. The third-order valence-electron chi connectivity index (χ3n) is 4.30. The summed E-state index contributed by atoms with van der Waals surface area (Å²) in [5.74, 6) is -0.0973. The van der Waals surface area contributed by atoms with Crippen molar-refractivity contribution in [3.05, 3.63) is 51.9 Å². The van der Waals surface area contributed by atoms with E-state index in [0.29, 0.717) is 18.8 Å². The second-order valence-corrected chi connectivity index (χ2v) is 6.61. The zero-order valence-corrected chi connectivity index (χ0v) is 15.4. The van der Waals surface area contributed by atoms with Gasteiger partial charge in [0.25, 0.3) is 11.5 Å². The van der Waals surface area contributed by atoms with E-state index in [0.717, 1.165) is 5.56 Å². The topological polar surface area (TPSA) is 73.7 Å². The molecule has 138 valence electrons. The van der Waals surface area contributed by atoms with Crippen LogP contribution >= 0.6 is 0 Å². The zero-order valence-electron chi connectivity index (χ0n) is 15.4. The molecule has 7 nitrogen and oxygen atoms in total. The van der Waals surface area contributed by atoms with Crippen molar-refractivity contribution in [1.82, 2.24) is 14.7 Å². The van der Waals surface area contributed by atoms with Gasteiger partial charge in [0.15, 0.2) is 11.4 Å². The Bertz CT molecular complexity index is 850. The van der Waals surface area contributed by atoms with E-state index in [1.165, 1.54) is 17.9 Å². The van der Waals surface area contributed by atoms with Crippen LogP contribution in [-0.4, -0.2) is 53.0 Å². The molecule has 1 aromatic heterocycles. The maximum absolute atomic E-state index is 13.0. The van der Waals surface area contributed by atoms with Gasteiger partial charge in [0.2, 0.25) is 0 Å². The largest absolute Gasteiger partial charge is 0.494 e. The van der Waals surface area contributed by atoms with Gasteiger partial charge in [-0.15, -0.1) is 0 Å². The second kappa shape index (κ2) is 7.29. The maximum Gasteiger partial charge on any atom is 0.278 e. The van der Waals surface area contributed by atoms with Gasteiger partial charge in [0, 0.05) is 13.1 Å². The van der Waals surface area contributed by atoms with E-state index < -0.39 is 0 Å². The number of rotatable bonds is 3. The van der Waals surface area contributed by atoms with Crippen LogP contribution in [0.25, 0.3) is 5.69 Å². The number of methoxy groups -OCH3 is 1. The monoisotopic (exact) mass is 357 g/mol. The van der Waals surface area contributed by atoms with Crippen LogP contribution in [-0.2, 0) is 4.74 Å². The van der Waals surface area contributed by atoms with E-state index in [2.05, 4.69) is 5.10 Å². The van der Waals surface area contributed by atoms with Gasteiger partial charge >= 0.3 is 0 Å². The Morgan fingerprint density at radius 1 is 1.19 bits per heavy atom. The van der Waals surface area contributed by atoms with Crippen molar-refractivity contribution >= 4 is 5.91 Å². The van der Waals surface area contributed by atoms with E-state index >= 15 is 0 Å². The lowest BCUT2D eigenvalue weighted by Gasteiger charge is -2.35. The highest BCUT2D eigenvalue weighted by atomic mass is 16.5. The van der Waals surface area contributed by atoms with Crippen LogP contribution in [0.1, 0.15) is 29.9 Å². The summed E-state index contributed by atoms with van der Waals surface area (Å²) in [4.78, 5) is 27.1. The molecule has 1 amide bonds. The molecule has 0 radical (unpaired) electrons. The fourth-order valence-electron chi connectivity index (χ4n) is 3.11. The molecule has 2 atom stereocenters. The minimum Gasteiger partial charge on any atom is -0.494 e. The summed E-state index contributed by atoms with van der Waals surface area (Å²) in [6, 6.07) is 8.67. The van der Waals surface area contributed by atoms with Crippen LogP contribution in [0.2, 0.25) is 0 Å². The molecule has 1 aliphatic rings. The summed E-state index contributed by atoms with van der Waals surface area (Å²) in [5, 5.41) is 4.32. The molecule has 1 aromatic carbocycles. The van der Waals surface area contributed by atoms with E-state index in [1.807, 2.05) is 32.9 Å². The molecule has 7 heteroatoms. The van der Waals surface area contributed by atoms with E-state index in [4.69, 9.17) is 9.47 Å². The first-order valence-electron chi connectivity index (χ1n) is 8.59. The molecular weight excluding hydrogens is 334 g/mol. The minimum absolute atomic E-state index is 0.0586. The highest BCUT2D eigenvalue weighted by Gasteiger charge is 2.30. The highest BCUT2D eigenvalue weighted by molar-refractivity contribution is 5.95. The van der Waals surface area contributed by atoms with Crippen LogP contribution in [0.15, 0.2) is 35.1 Å². The normalized spacial score (nSPS) is 20.1. The molecule has 0 unspecified atom stereocenters. The zero-order chi connectivity index (χ0) is 18.8. The summed E-state index contributed by atoms with van der Waals surface area (Å²) < 4.78 is 12.2. The molecule has 1 saturated heterocycles. The molecule has 0 aliphatic carbocycles. The predicted octanol–water partition coefficient (Wildman–Crippen LogP) is 1.80. The molecule has 1 fully saturated rings. The molecule has 3 rings (SSSR count). The smallest absolute Gasteiger partial charge is 0.278 e. The van der Waals surface area contributed by atoms with Gasteiger partial charge < -0.3 is 14.4 Å². The van der Waals surface area contributed by atoms with Gasteiger partial charge in [0.05, 0.1) is 31.1 Å². The van der Waals surface area contributed by atoms with Crippen LogP contribution in [0.4, 0.5) is 0 Å². The molecular formula is C19H23N3O4. The Balaban J connectivity index is 2.02. The Labute approximate surface area is 152 Å². The first kappa shape index (κ1) is 18.1. The van der Waals surface area contributed by atoms with E-state index in [-0.39, 0.29) is 35.1 Å². The molecule has 26 heavy (non-hydrogen) atoms.